The first-order valence-corrected chi connectivity index (χ1v) is 5.46. The predicted octanol–water partition coefficient (Wildman–Crippen LogP) is 3.38. The van der Waals surface area contributed by atoms with Crippen molar-refractivity contribution in [2.45, 2.75) is 66.0 Å². The third kappa shape index (κ3) is 10.1. The Kier molecular flexibility index (Phi) is 6.18. The van der Waals surface area contributed by atoms with Gasteiger partial charge in [-0.1, -0.05) is 6.08 Å². The summed E-state index contributed by atoms with van der Waals surface area (Å²) >= 11 is 0. The maximum absolute atomic E-state index is 5.15. The summed E-state index contributed by atoms with van der Waals surface area (Å²) in [5, 5.41) is 0. The quantitative estimate of drug-likeness (QED) is 0.315. The van der Waals surface area contributed by atoms with Crippen LogP contribution < -0.4 is 0 Å². The molecule has 0 saturated heterocycles. The second-order valence-corrected chi connectivity index (χ2v) is 5.48. The largest absolute Gasteiger partial charge is 0.242 e. The van der Waals surface area contributed by atoms with Gasteiger partial charge in [-0.05, 0) is 54.5 Å². The van der Waals surface area contributed by atoms with Crippen LogP contribution in [0.15, 0.2) is 12.2 Å². The van der Waals surface area contributed by atoms with Gasteiger partial charge < -0.3 is 0 Å². The van der Waals surface area contributed by atoms with Gasteiger partial charge in [0.2, 0.25) is 6.29 Å². The lowest BCUT2D eigenvalue weighted by molar-refractivity contribution is -0.484. The molecule has 0 fully saturated rings. The molecule has 0 atom stereocenters. The van der Waals surface area contributed by atoms with Gasteiger partial charge in [0.25, 0.3) is 0 Å². The van der Waals surface area contributed by atoms with Crippen LogP contribution in [-0.4, -0.2) is 17.5 Å². The van der Waals surface area contributed by atoms with Crippen LogP contribution in [0.5, 0.6) is 0 Å². The Morgan fingerprint density at radius 2 is 1.19 bits per heavy atom. The maximum Gasteiger partial charge on any atom is 0.242 e. The summed E-state index contributed by atoms with van der Waals surface area (Å²) in [4.78, 5) is 20.5. The third-order valence-electron chi connectivity index (χ3n) is 1.14. The van der Waals surface area contributed by atoms with E-state index in [2.05, 4.69) is 0 Å². The molecule has 0 heterocycles. The fraction of sp³-hybridized carbons (Fsp3) is 0.833. The van der Waals surface area contributed by atoms with Gasteiger partial charge in [-0.25, -0.2) is 9.78 Å². The second-order valence-electron chi connectivity index (χ2n) is 5.48. The van der Waals surface area contributed by atoms with Crippen LogP contribution in [0.25, 0.3) is 0 Å². The monoisotopic (exact) mass is 232 g/mol. The highest BCUT2D eigenvalue weighted by molar-refractivity contribution is 4.80. The van der Waals surface area contributed by atoms with Crippen molar-refractivity contribution in [3.05, 3.63) is 12.2 Å². The fourth-order valence-corrected chi connectivity index (χ4v) is 0.621. The van der Waals surface area contributed by atoms with Crippen molar-refractivity contribution in [1.82, 2.24) is 0 Å². The molecule has 0 aromatic carbocycles. The highest BCUT2D eigenvalue weighted by Crippen LogP contribution is 2.14. The maximum atomic E-state index is 5.15. The summed E-state index contributed by atoms with van der Waals surface area (Å²) in [7, 11) is 0. The molecule has 0 spiro atoms. The van der Waals surface area contributed by atoms with E-state index in [1.165, 1.54) is 0 Å². The van der Waals surface area contributed by atoms with Gasteiger partial charge in [-0.2, -0.15) is 9.78 Å². The van der Waals surface area contributed by atoms with E-state index in [9.17, 15) is 0 Å². The van der Waals surface area contributed by atoms with Crippen LogP contribution in [0.2, 0.25) is 0 Å². The van der Waals surface area contributed by atoms with Crippen LogP contribution in [-0.2, 0) is 19.6 Å². The molecular weight excluding hydrogens is 208 g/mol. The van der Waals surface area contributed by atoms with E-state index in [1.54, 1.807) is 6.08 Å². The first-order valence-electron chi connectivity index (χ1n) is 5.46. The van der Waals surface area contributed by atoms with Gasteiger partial charge >= 0.3 is 0 Å². The highest BCUT2D eigenvalue weighted by Gasteiger charge is 2.19. The topological polar surface area (TPSA) is 36.9 Å². The molecule has 0 rings (SSSR count). The minimum absolute atomic E-state index is 0.384. The molecule has 0 aliphatic heterocycles. The van der Waals surface area contributed by atoms with Crippen molar-refractivity contribution >= 4 is 0 Å². The molecule has 0 unspecified atom stereocenters. The molecular formula is C12H24O4. The van der Waals surface area contributed by atoms with Gasteiger partial charge in [-0.3, -0.25) is 0 Å². The van der Waals surface area contributed by atoms with E-state index in [1.807, 2.05) is 54.5 Å². The summed E-state index contributed by atoms with van der Waals surface area (Å²) in [6.07, 6.45) is 2.85. The van der Waals surface area contributed by atoms with Crippen LogP contribution in [0.3, 0.4) is 0 Å². The lowest BCUT2D eigenvalue weighted by atomic mass is 10.2. The third-order valence-corrected chi connectivity index (χ3v) is 1.14. The molecule has 0 aromatic rings. The van der Waals surface area contributed by atoms with Crippen LogP contribution in [0.4, 0.5) is 0 Å². The SMILES string of the molecule is CC=CC(OOC(C)(C)C)OOC(C)(C)C. The Morgan fingerprint density at radius 1 is 0.812 bits per heavy atom. The minimum atomic E-state index is -0.663. The zero-order chi connectivity index (χ0) is 12.8. The smallest absolute Gasteiger partial charge is 0.228 e. The van der Waals surface area contributed by atoms with E-state index in [-0.39, 0.29) is 11.2 Å². The molecule has 4 nitrogen and oxygen atoms in total. The number of allylic oxidation sites excluding steroid dienone is 1. The number of hydrogen-bond donors (Lipinski definition) is 0. The Balaban J connectivity index is 4.08. The van der Waals surface area contributed by atoms with Gasteiger partial charge in [0.05, 0.1) is 11.2 Å². The molecule has 0 aliphatic rings. The van der Waals surface area contributed by atoms with Crippen LogP contribution in [0, 0.1) is 0 Å². The van der Waals surface area contributed by atoms with E-state index in [0.29, 0.717) is 0 Å². The Labute approximate surface area is 98.4 Å². The number of hydrogen-bond acceptors (Lipinski definition) is 4. The zero-order valence-electron chi connectivity index (χ0n) is 11.4. The Bertz CT molecular complexity index is 192. The molecule has 96 valence electrons. The molecule has 16 heavy (non-hydrogen) atoms. The summed E-state index contributed by atoms with van der Waals surface area (Å²) in [5.41, 5.74) is -0.768. The molecule has 0 radical (unpaired) electrons. The van der Waals surface area contributed by atoms with Crippen LogP contribution >= 0.6 is 0 Å². The molecule has 4 heteroatoms. The fourth-order valence-electron chi connectivity index (χ4n) is 0.621. The summed E-state index contributed by atoms with van der Waals surface area (Å²) in [5.74, 6) is 0. The molecule has 0 saturated carbocycles. The van der Waals surface area contributed by atoms with Gasteiger partial charge in [0.15, 0.2) is 0 Å². The average Bonchev–Trinajstić information content (AvgIpc) is 2.07. The van der Waals surface area contributed by atoms with E-state index < -0.39 is 6.29 Å². The van der Waals surface area contributed by atoms with Crippen molar-refractivity contribution in [2.24, 2.45) is 0 Å². The van der Waals surface area contributed by atoms with Gasteiger partial charge in [-0.15, -0.1) is 0 Å². The van der Waals surface area contributed by atoms with E-state index >= 15 is 0 Å². The summed E-state index contributed by atoms with van der Waals surface area (Å²) < 4.78 is 0. The van der Waals surface area contributed by atoms with Crippen molar-refractivity contribution < 1.29 is 19.6 Å². The van der Waals surface area contributed by atoms with Crippen LogP contribution in [0.1, 0.15) is 48.5 Å². The molecule has 0 bridgehead atoms. The lowest BCUT2D eigenvalue weighted by Gasteiger charge is -2.24. The molecule has 0 aliphatic carbocycles. The lowest BCUT2D eigenvalue weighted by Crippen LogP contribution is -2.28. The summed E-state index contributed by atoms with van der Waals surface area (Å²) in [6.45, 7) is 13.2. The molecule has 0 aromatic heterocycles. The second kappa shape index (κ2) is 6.35. The Morgan fingerprint density at radius 3 is 1.44 bits per heavy atom. The first kappa shape index (κ1) is 15.6. The molecule has 0 N–H and O–H groups in total. The summed E-state index contributed by atoms with van der Waals surface area (Å²) in [6, 6.07) is 0. The van der Waals surface area contributed by atoms with Crippen molar-refractivity contribution in [1.29, 1.82) is 0 Å². The van der Waals surface area contributed by atoms with Crippen molar-refractivity contribution in [3.63, 3.8) is 0 Å². The standard InChI is InChI=1S/C12H24O4/c1-8-9-10(13-15-11(2,3)4)14-16-12(5,6)7/h8-10H,1-7H3. The van der Waals surface area contributed by atoms with E-state index in [4.69, 9.17) is 19.6 Å². The minimum Gasteiger partial charge on any atom is -0.228 e. The van der Waals surface area contributed by atoms with Crippen molar-refractivity contribution in [2.75, 3.05) is 0 Å². The van der Waals surface area contributed by atoms with Gasteiger partial charge in [0.1, 0.15) is 0 Å². The normalized spacial score (nSPS) is 14.0. The van der Waals surface area contributed by atoms with E-state index in [0.717, 1.165) is 0 Å². The molecule has 0 amide bonds. The number of rotatable bonds is 5. The average molecular weight is 232 g/mol. The first-order chi connectivity index (χ1) is 7.14. The predicted molar refractivity (Wildman–Crippen MR) is 62.4 cm³/mol. The van der Waals surface area contributed by atoms with Gasteiger partial charge in [0, 0.05) is 0 Å². The Hall–Kier alpha value is -0.420. The van der Waals surface area contributed by atoms with Crippen molar-refractivity contribution in [3.8, 4) is 0 Å². The highest BCUT2D eigenvalue weighted by atomic mass is 17.3. The zero-order valence-corrected chi connectivity index (χ0v) is 11.4.